The Kier molecular flexibility index (Phi) is 4.55. The third-order valence-corrected chi connectivity index (χ3v) is 3.80. The van der Waals surface area contributed by atoms with Crippen LogP contribution in [-0.4, -0.2) is 32.5 Å². The van der Waals surface area contributed by atoms with Gasteiger partial charge in [-0.2, -0.15) is 5.10 Å². The summed E-state index contributed by atoms with van der Waals surface area (Å²) in [5.74, 6) is 2.31. The summed E-state index contributed by atoms with van der Waals surface area (Å²) in [5, 5.41) is 10.4. The van der Waals surface area contributed by atoms with Crippen LogP contribution < -0.4 is 5.32 Å². The summed E-state index contributed by atoms with van der Waals surface area (Å²) in [6.07, 6.45) is 3.50. The van der Waals surface area contributed by atoms with Gasteiger partial charge in [0.05, 0.1) is 6.20 Å². The molecule has 2 aromatic heterocycles. The van der Waals surface area contributed by atoms with Crippen molar-refractivity contribution in [3.8, 4) is 11.5 Å². The van der Waals surface area contributed by atoms with Crippen molar-refractivity contribution < 1.29 is 8.63 Å². The third-order valence-electron chi connectivity index (χ3n) is 2.83. The second-order valence-electron chi connectivity index (χ2n) is 4.70. The van der Waals surface area contributed by atoms with Gasteiger partial charge in [-0.3, -0.25) is 9.31 Å². The van der Waals surface area contributed by atoms with Gasteiger partial charge < -0.3 is 9.73 Å². The first-order valence-electron chi connectivity index (χ1n) is 6.18. The maximum Gasteiger partial charge on any atom is 0.152 e. The summed E-state index contributed by atoms with van der Waals surface area (Å²) in [7, 11) is -0.786. The molecule has 104 valence electrons. The van der Waals surface area contributed by atoms with E-state index in [0.717, 1.165) is 22.8 Å². The van der Waals surface area contributed by atoms with Gasteiger partial charge >= 0.3 is 0 Å². The van der Waals surface area contributed by atoms with E-state index in [1.54, 1.807) is 12.5 Å². The number of aromatic amines is 1. The lowest BCUT2D eigenvalue weighted by atomic mass is 10.2. The highest BCUT2D eigenvalue weighted by molar-refractivity contribution is 7.84. The van der Waals surface area contributed by atoms with E-state index in [2.05, 4.69) is 15.5 Å². The first kappa shape index (κ1) is 14.0. The number of nitrogens with zero attached hydrogens (tertiary/aromatic N) is 1. The van der Waals surface area contributed by atoms with Crippen molar-refractivity contribution in [2.24, 2.45) is 0 Å². The Bertz CT molecular complexity index is 562. The first-order chi connectivity index (χ1) is 9.06. The Morgan fingerprint density at radius 3 is 2.95 bits per heavy atom. The lowest BCUT2D eigenvalue weighted by molar-refractivity contribution is 0.543. The van der Waals surface area contributed by atoms with Crippen LogP contribution in [0.1, 0.15) is 18.2 Å². The number of hydrogen-bond acceptors (Lipinski definition) is 4. The first-order valence-corrected chi connectivity index (χ1v) is 7.91. The molecule has 6 heteroatoms. The number of H-pyrrole nitrogens is 1. The van der Waals surface area contributed by atoms with Gasteiger partial charge in [0, 0.05) is 41.0 Å². The summed E-state index contributed by atoms with van der Waals surface area (Å²) < 4.78 is 16.7. The smallest absolute Gasteiger partial charge is 0.152 e. The third kappa shape index (κ3) is 3.78. The highest BCUT2D eigenvalue weighted by Gasteiger charge is 2.12. The predicted molar refractivity (Wildman–Crippen MR) is 76.3 cm³/mol. The molecule has 0 aliphatic carbocycles. The molecule has 0 saturated carbocycles. The molecule has 2 unspecified atom stereocenters. The molecule has 2 N–H and O–H groups in total. The monoisotopic (exact) mass is 281 g/mol. The molecule has 0 aliphatic heterocycles. The fourth-order valence-corrected chi connectivity index (χ4v) is 2.74. The van der Waals surface area contributed by atoms with Gasteiger partial charge in [-0.25, -0.2) is 0 Å². The number of nitrogens with one attached hydrogen (secondary N) is 2. The van der Waals surface area contributed by atoms with Crippen LogP contribution in [0, 0.1) is 6.92 Å². The standard InChI is InChI=1S/C13H19N3O2S/c1-9(8-19(3)17)14-6-11-7-15-16-13(11)12-5-4-10(2)18-12/h4-5,7,9,14H,6,8H2,1-3H3,(H,15,16). The molecular weight excluding hydrogens is 262 g/mol. The average Bonchev–Trinajstić information content (AvgIpc) is 2.93. The van der Waals surface area contributed by atoms with Crippen LogP contribution in [-0.2, 0) is 17.3 Å². The lowest BCUT2D eigenvalue weighted by Gasteiger charge is -2.11. The van der Waals surface area contributed by atoms with Gasteiger partial charge in [0.1, 0.15) is 11.5 Å². The molecular formula is C13H19N3O2S. The van der Waals surface area contributed by atoms with E-state index >= 15 is 0 Å². The fourth-order valence-electron chi connectivity index (χ4n) is 1.92. The molecule has 0 aliphatic rings. The summed E-state index contributed by atoms with van der Waals surface area (Å²) >= 11 is 0. The van der Waals surface area contributed by atoms with E-state index in [4.69, 9.17) is 4.42 Å². The Morgan fingerprint density at radius 2 is 2.32 bits per heavy atom. The number of furan rings is 1. The quantitative estimate of drug-likeness (QED) is 0.847. The molecule has 0 aromatic carbocycles. The van der Waals surface area contributed by atoms with Crippen molar-refractivity contribution in [1.29, 1.82) is 0 Å². The van der Waals surface area contributed by atoms with Crippen LogP contribution in [0.15, 0.2) is 22.7 Å². The number of rotatable bonds is 6. The van der Waals surface area contributed by atoms with Crippen LogP contribution >= 0.6 is 0 Å². The van der Waals surface area contributed by atoms with E-state index in [-0.39, 0.29) is 6.04 Å². The van der Waals surface area contributed by atoms with Gasteiger partial charge in [-0.15, -0.1) is 0 Å². The Morgan fingerprint density at radius 1 is 1.53 bits per heavy atom. The molecule has 2 rings (SSSR count). The van der Waals surface area contributed by atoms with E-state index < -0.39 is 10.8 Å². The van der Waals surface area contributed by atoms with E-state index in [9.17, 15) is 4.21 Å². The zero-order valence-corrected chi connectivity index (χ0v) is 12.2. The Hall–Kier alpha value is -1.40. The van der Waals surface area contributed by atoms with Crippen LogP contribution in [0.5, 0.6) is 0 Å². The molecule has 0 spiro atoms. The van der Waals surface area contributed by atoms with Gasteiger partial charge in [0.15, 0.2) is 5.76 Å². The maximum atomic E-state index is 11.1. The topological polar surface area (TPSA) is 70.9 Å². The number of aromatic nitrogens is 2. The van der Waals surface area contributed by atoms with Crippen LogP contribution in [0.25, 0.3) is 11.5 Å². The molecule has 0 saturated heterocycles. The van der Waals surface area contributed by atoms with Crippen molar-refractivity contribution >= 4 is 10.8 Å². The largest absolute Gasteiger partial charge is 0.460 e. The number of aryl methyl sites for hydroxylation is 1. The minimum Gasteiger partial charge on any atom is -0.460 e. The zero-order chi connectivity index (χ0) is 13.8. The lowest BCUT2D eigenvalue weighted by Crippen LogP contribution is -2.30. The SMILES string of the molecule is Cc1ccc(-c2[nH]ncc2CNC(C)CS(C)=O)o1. The van der Waals surface area contributed by atoms with Gasteiger partial charge in [0.2, 0.25) is 0 Å². The molecule has 2 atom stereocenters. The summed E-state index contributed by atoms with van der Waals surface area (Å²) in [5.41, 5.74) is 1.94. The van der Waals surface area contributed by atoms with Gasteiger partial charge in [-0.05, 0) is 26.0 Å². The van der Waals surface area contributed by atoms with E-state index in [1.165, 1.54) is 0 Å². The molecule has 2 heterocycles. The highest BCUT2D eigenvalue weighted by Crippen LogP contribution is 2.23. The average molecular weight is 281 g/mol. The molecule has 0 amide bonds. The van der Waals surface area contributed by atoms with Crippen LogP contribution in [0.3, 0.4) is 0 Å². The molecule has 0 radical (unpaired) electrons. The summed E-state index contributed by atoms with van der Waals surface area (Å²) in [4.78, 5) is 0. The van der Waals surface area contributed by atoms with Gasteiger partial charge in [-0.1, -0.05) is 0 Å². The van der Waals surface area contributed by atoms with Crippen molar-refractivity contribution in [1.82, 2.24) is 15.5 Å². The van der Waals surface area contributed by atoms with Crippen molar-refractivity contribution in [2.45, 2.75) is 26.4 Å². The normalized spacial score (nSPS) is 14.5. The molecule has 0 fully saturated rings. The summed E-state index contributed by atoms with van der Waals surface area (Å²) in [6.45, 7) is 4.61. The van der Waals surface area contributed by atoms with Crippen molar-refractivity contribution in [2.75, 3.05) is 12.0 Å². The van der Waals surface area contributed by atoms with E-state index in [0.29, 0.717) is 12.3 Å². The van der Waals surface area contributed by atoms with Crippen LogP contribution in [0.2, 0.25) is 0 Å². The Labute approximate surface area is 115 Å². The maximum absolute atomic E-state index is 11.1. The summed E-state index contributed by atoms with van der Waals surface area (Å²) in [6, 6.07) is 4.06. The minimum atomic E-state index is -0.786. The molecule has 0 bridgehead atoms. The molecule has 19 heavy (non-hydrogen) atoms. The van der Waals surface area contributed by atoms with Crippen molar-refractivity contribution in [3.05, 3.63) is 29.7 Å². The second-order valence-corrected chi connectivity index (χ2v) is 6.18. The van der Waals surface area contributed by atoms with Gasteiger partial charge in [0.25, 0.3) is 0 Å². The molecule has 5 nitrogen and oxygen atoms in total. The van der Waals surface area contributed by atoms with Crippen LogP contribution in [0.4, 0.5) is 0 Å². The minimum absolute atomic E-state index is 0.201. The fraction of sp³-hybridized carbons (Fsp3) is 0.462. The highest BCUT2D eigenvalue weighted by atomic mass is 32.2. The Balaban J connectivity index is 2.02. The number of hydrogen-bond donors (Lipinski definition) is 2. The predicted octanol–water partition coefficient (Wildman–Crippen LogP) is 1.83. The second kappa shape index (κ2) is 6.16. The zero-order valence-electron chi connectivity index (χ0n) is 11.4. The molecule has 2 aromatic rings. The van der Waals surface area contributed by atoms with Crippen molar-refractivity contribution in [3.63, 3.8) is 0 Å². The van der Waals surface area contributed by atoms with E-state index in [1.807, 2.05) is 26.0 Å².